The van der Waals surface area contributed by atoms with Gasteiger partial charge in [-0.25, -0.2) is 0 Å². The van der Waals surface area contributed by atoms with Gasteiger partial charge in [0.05, 0.1) is 12.7 Å². The molecule has 14 heavy (non-hydrogen) atoms. The van der Waals surface area contributed by atoms with Gasteiger partial charge in [0, 0.05) is 5.54 Å². The van der Waals surface area contributed by atoms with Gasteiger partial charge in [-0.1, -0.05) is 12.2 Å². The van der Waals surface area contributed by atoms with E-state index in [0.29, 0.717) is 6.10 Å². The summed E-state index contributed by atoms with van der Waals surface area (Å²) in [6.45, 7) is 12.4. The molecule has 0 aromatic rings. The zero-order valence-electron chi connectivity index (χ0n) is 10.3. The highest BCUT2D eigenvalue weighted by atomic mass is 16.5. The molecule has 0 aromatic carbocycles. The van der Waals surface area contributed by atoms with Crippen molar-refractivity contribution in [3.63, 3.8) is 0 Å². The third-order valence-corrected chi connectivity index (χ3v) is 1.66. The summed E-state index contributed by atoms with van der Waals surface area (Å²) in [6, 6.07) is 0. The smallest absolute Gasteiger partial charge is 0.0650 e. The van der Waals surface area contributed by atoms with E-state index in [1.807, 2.05) is 0 Å². The van der Waals surface area contributed by atoms with Crippen LogP contribution in [0.5, 0.6) is 0 Å². The van der Waals surface area contributed by atoms with Gasteiger partial charge < -0.3 is 10.1 Å². The van der Waals surface area contributed by atoms with Gasteiger partial charge in [-0.05, 0) is 47.6 Å². The zero-order valence-corrected chi connectivity index (χ0v) is 10.3. The molecular formula is C12H25NO. The van der Waals surface area contributed by atoms with E-state index >= 15 is 0 Å². The molecule has 0 aliphatic carbocycles. The third-order valence-electron chi connectivity index (χ3n) is 1.66. The molecule has 0 bridgehead atoms. The molecule has 2 heteroatoms. The van der Waals surface area contributed by atoms with Crippen LogP contribution in [0.1, 0.15) is 41.0 Å². The standard InChI is InChI=1S/C12H25NO/c1-11(2)14-10-8-6-7-9-13-12(3,4)5/h6,8,11,13H,7,9-10H2,1-5H3. The lowest BCUT2D eigenvalue weighted by molar-refractivity contribution is 0.102. The maximum atomic E-state index is 5.38. The lowest BCUT2D eigenvalue weighted by Crippen LogP contribution is -2.36. The number of nitrogens with one attached hydrogen (secondary N) is 1. The molecule has 0 aliphatic rings. The van der Waals surface area contributed by atoms with E-state index in [0.717, 1.165) is 19.6 Å². The summed E-state index contributed by atoms with van der Waals surface area (Å²) in [5, 5.41) is 3.43. The number of hydrogen-bond acceptors (Lipinski definition) is 2. The minimum atomic E-state index is 0.224. The number of ether oxygens (including phenoxy) is 1. The highest BCUT2D eigenvalue weighted by Gasteiger charge is 2.05. The fraction of sp³-hybridized carbons (Fsp3) is 0.833. The average molecular weight is 199 g/mol. The Kier molecular flexibility index (Phi) is 6.85. The number of rotatable bonds is 6. The quantitative estimate of drug-likeness (QED) is 0.524. The predicted octanol–water partition coefficient (Wildman–Crippen LogP) is 2.75. The van der Waals surface area contributed by atoms with Crippen LogP contribution in [0.2, 0.25) is 0 Å². The van der Waals surface area contributed by atoms with Crippen LogP contribution >= 0.6 is 0 Å². The van der Waals surface area contributed by atoms with Crippen molar-refractivity contribution in [1.82, 2.24) is 5.32 Å². The number of hydrogen-bond donors (Lipinski definition) is 1. The minimum absolute atomic E-state index is 0.224. The lowest BCUT2D eigenvalue weighted by atomic mass is 10.1. The summed E-state index contributed by atoms with van der Waals surface area (Å²) in [5.74, 6) is 0. The second kappa shape index (κ2) is 7.02. The summed E-state index contributed by atoms with van der Waals surface area (Å²) in [6.07, 6.45) is 5.65. The first-order chi connectivity index (χ1) is 6.42. The van der Waals surface area contributed by atoms with Crippen molar-refractivity contribution in [3.8, 4) is 0 Å². The van der Waals surface area contributed by atoms with Gasteiger partial charge in [0.25, 0.3) is 0 Å². The highest BCUT2D eigenvalue weighted by Crippen LogP contribution is 1.98. The van der Waals surface area contributed by atoms with Gasteiger partial charge in [-0.2, -0.15) is 0 Å². The Labute approximate surface area is 88.7 Å². The Morgan fingerprint density at radius 1 is 1.21 bits per heavy atom. The molecule has 0 heterocycles. The van der Waals surface area contributed by atoms with Crippen LogP contribution < -0.4 is 5.32 Å². The predicted molar refractivity (Wildman–Crippen MR) is 62.6 cm³/mol. The van der Waals surface area contributed by atoms with E-state index in [2.05, 4.69) is 52.1 Å². The van der Waals surface area contributed by atoms with Crippen LogP contribution in [0.4, 0.5) is 0 Å². The van der Waals surface area contributed by atoms with Crippen molar-refractivity contribution in [2.45, 2.75) is 52.7 Å². The van der Waals surface area contributed by atoms with Crippen LogP contribution in [0, 0.1) is 0 Å². The molecule has 0 radical (unpaired) electrons. The molecule has 0 aliphatic heterocycles. The largest absolute Gasteiger partial charge is 0.375 e. The Balaban J connectivity index is 3.28. The molecule has 0 saturated heterocycles. The van der Waals surface area contributed by atoms with E-state index in [1.54, 1.807) is 0 Å². The first-order valence-electron chi connectivity index (χ1n) is 5.43. The fourth-order valence-corrected chi connectivity index (χ4v) is 0.964. The summed E-state index contributed by atoms with van der Waals surface area (Å²) in [7, 11) is 0. The Morgan fingerprint density at radius 2 is 1.86 bits per heavy atom. The SMILES string of the molecule is CC(C)OCC=CCCNC(C)(C)C. The van der Waals surface area contributed by atoms with Crippen LogP contribution in [0.25, 0.3) is 0 Å². The minimum Gasteiger partial charge on any atom is -0.375 e. The molecule has 0 saturated carbocycles. The van der Waals surface area contributed by atoms with Crippen LogP contribution in [0.3, 0.4) is 0 Å². The van der Waals surface area contributed by atoms with Gasteiger partial charge in [-0.15, -0.1) is 0 Å². The molecule has 1 N–H and O–H groups in total. The van der Waals surface area contributed by atoms with Gasteiger partial charge in [-0.3, -0.25) is 0 Å². The Bertz CT molecular complexity index is 156. The van der Waals surface area contributed by atoms with E-state index in [4.69, 9.17) is 4.74 Å². The van der Waals surface area contributed by atoms with Gasteiger partial charge >= 0.3 is 0 Å². The second-order valence-corrected chi connectivity index (χ2v) is 4.82. The summed E-state index contributed by atoms with van der Waals surface area (Å²) >= 11 is 0. The first kappa shape index (κ1) is 13.7. The molecule has 0 aromatic heterocycles. The van der Waals surface area contributed by atoms with E-state index in [1.165, 1.54) is 0 Å². The molecule has 0 spiro atoms. The second-order valence-electron chi connectivity index (χ2n) is 4.82. The molecule has 0 amide bonds. The molecular weight excluding hydrogens is 174 g/mol. The van der Waals surface area contributed by atoms with Crippen molar-refractivity contribution in [1.29, 1.82) is 0 Å². The molecule has 0 fully saturated rings. The summed E-state index contributed by atoms with van der Waals surface area (Å²) < 4.78 is 5.38. The fourth-order valence-electron chi connectivity index (χ4n) is 0.964. The molecule has 2 nitrogen and oxygen atoms in total. The Hall–Kier alpha value is -0.340. The van der Waals surface area contributed by atoms with Crippen molar-refractivity contribution in [2.24, 2.45) is 0 Å². The van der Waals surface area contributed by atoms with Crippen LogP contribution in [0.15, 0.2) is 12.2 Å². The van der Waals surface area contributed by atoms with Gasteiger partial charge in [0.15, 0.2) is 0 Å². The maximum Gasteiger partial charge on any atom is 0.0650 e. The van der Waals surface area contributed by atoms with E-state index in [-0.39, 0.29) is 5.54 Å². The van der Waals surface area contributed by atoms with Gasteiger partial charge in [0.1, 0.15) is 0 Å². The van der Waals surface area contributed by atoms with Crippen molar-refractivity contribution < 1.29 is 4.74 Å². The molecule has 84 valence electrons. The third kappa shape index (κ3) is 11.7. The molecule has 0 unspecified atom stereocenters. The lowest BCUT2D eigenvalue weighted by Gasteiger charge is -2.19. The summed E-state index contributed by atoms with van der Waals surface area (Å²) in [4.78, 5) is 0. The maximum absolute atomic E-state index is 5.38. The van der Waals surface area contributed by atoms with Crippen molar-refractivity contribution in [3.05, 3.63) is 12.2 Å². The Morgan fingerprint density at radius 3 is 2.36 bits per heavy atom. The summed E-state index contributed by atoms with van der Waals surface area (Å²) in [5.41, 5.74) is 0.224. The first-order valence-corrected chi connectivity index (χ1v) is 5.43. The van der Waals surface area contributed by atoms with Crippen LogP contribution in [-0.4, -0.2) is 24.8 Å². The molecule has 0 rings (SSSR count). The van der Waals surface area contributed by atoms with E-state index < -0.39 is 0 Å². The molecule has 0 atom stereocenters. The zero-order chi connectivity index (χ0) is 11.0. The van der Waals surface area contributed by atoms with Gasteiger partial charge in [0.2, 0.25) is 0 Å². The average Bonchev–Trinajstić information content (AvgIpc) is 2.00. The van der Waals surface area contributed by atoms with Crippen molar-refractivity contribution >= 4 is 0 Å². The van der Waals surface area contributed by atoms with E-state index in [9.17, 15) is 0 Å². The topological polar surface area (TPSA) is 21.3 Å². The highest BCUT2D eigenvalue weighted by molar-refractivity contribution is 4.83. The van der Waals surface area contributed by atoms with Crippen molar-refractivity contribution in [2.75, 3.05) is 13.2 Å². The normalized spacial score (nSPS) is 13.0. The monoisotopic (exact) mass is 199 g/mol. The van der Waals surface area contributed by atoms with Crippen LogP contribution in [-0.2, 0) is 4.74 Å².